The molecular formula is C14H19N3O2S2. The molecule has 0 bridgehead atoms. The van der Waals surface area contributed by atoms with Crippen LogP contribution in [-0.4, -0.2) is 34.9 Å². The first-order valence-electron chi connectivity index (χ1n) is 6.57. The fourth-order valence-corrected chi connectivity index (χ4v) is 3.88. The lowest BCUT2D eigenvalue weighted by Crippen LogP contribution is -2.30. The average Bonchev–Trinajstić information content (AvgIpc) is 2.98. The van der Waals surface area contributed by atoms with Crippen molar-refractivity contribution in [2.45, 2.75) is 33.7 Å². The van der Waals surface area contributed by atoms with Gasteiger partial charge in [0.25, 0.3) is 11.1 Å². The molecule has 2 heterocycles. The molecule has 0 radical (unpaired) electrons. The number of carbonyl (C=O) groups excluding carboxylic acids is 1. The molecule has 2 aromatic heterocycles. The van der Waals surface area contributed by atoms with Crippen molar-refractivity contribution in [3.05, 3.63) is 26.1 Å². The molecule has 21 heavy (non-hydrogen) atoms. The van der Waals surface area contributed by atoms with Crippen molar-refractivity contribution < 1.29 is 9.53 Å². The lowest BCUT2D eigenvalue weighted by molar-refractivity contribution is 0.0743. The summed E-state index contributed by atoms with van der Waals surface area (Å²) in [4.78, 5) is 24.9. The summed E-state index contributed by atoms with van der Waals surface area (Å²) < 4.78 is 5.10. The highest BCUT2D eigenvalue weighted by Gasteiger charge is 2.25. The number of hydrogen-bond acceptors (Lipinski definition) is 6. The molecular weight excluding hydrogens is 306 g/mol. The van der Waals surface area contributed by atoms with Gasteiger partial charge in [0.2, 0.25) is 0 Å². The maximum atomic E-state index is 12.6. The molecule has 1 amide bonds. The van der Waals surface area contributed by atoms with Gasteiger partial charge >= 0.3 is 0 Å². The van der Waals surface area contributed by atoms with Crippen LogP contribution in [0, 0.1) is 20.8 Å². The van der Waals surface area contributed by atoms with Crippen LogP contribution >= 0.6 is 22.7 Å². The first kappa shape index (κ1) is 15.9. The van der Waals surface area contributed by atoms with E-state index in [0.29, 0.717) is 15.8 Å². The van der Waals surface area contributed by atoms with E-state index in [1.54, 1.807) is 30.4 Å². The molecule has 5 nitrogen and oxygen atoms in total. The number of aromatic nitrogens is 2. The number of rotatable bonds is 4. The number of aryl methyl sites for hydroxylation is 3. The molecule has 0 unspecified atom stereocenters. The Morgan fingerprint density at radius 3 is 2.38 bits per heavy atom. The van der Waals surface area contributed by atoms with Crippen LogP contribution in [0.25, 0.3) is 0 Å². The van der Waals surface area contributed by atoms with Crippen molar-refractivity contribution in [2.75, 3.05) is 14.2 Å². The molecule has 0 spiro atoms. The van der Waals surface area contributed by atoms with Crippen LogP contribution in [0.2, 0.25) is 0 Å². The third kappa shape index (κ3) is 3.08. The van der Waals surface area contributed by atoms with Crippen molar-refractivity contribution in [3.63, 3.8) is 0 Å². The Morgan fingerprint density at radius 1 is 1.24 bits per heavy atom. The van der Waals surface area contributed by atoms with E-state index in [1.165, 1.54) is 11.3 Å². The topological polar surface area (TPSA) is 55.3 Å². The van der Waals surface area contributed by atoms with Crippen LogP contribution in [0.15, 0.2) is 0 Å². The SMILES string of the molecule is COc1nc(C)c(C(=O)N(C)[C@H](C)c2nc(C)sc2C)s1. The maximum absolute atomic E-state index is 12.6. The molecule has 2 aromatic rings. The van der Waals surface area contributed by atoms with Crippen molar-refractivity contribution >= 4 is 28.6 Å². The lowest BCUT2D eigenvalue weighted by atomic mass is 10.2. The Hall–Kier alpha value is -1.47. The summed E-state index contributed by atoms with van der Waals surface area (Å²) in [6, 6.07) is -0.0741. The number of hydrogen-bond donors (Lipinski definition) is 0. The molecule has 0 aliphatic carbocycles. The van der Waals surface area contributed by atoms with E-state index in [-0.39, 0.29) is 11.9 Å². The number of ether oxygens (including phenoxy) is 1. The van der Waals surface area contributed by atoms with Gasteiger partial charge in [-0.15, -0.1) is 11.3 Å². The third-order valence-electron chi connectivity index (χ3n) is 3.38. The summed E-state index contributed by atoms with van der Waals surface area (Å²) in [5, 5.41) is 1.53. The van der Waals surface area contributed by atoms with Gasteiger partial charge in [0, 0.05) is 11.9 Å². The fourth-order valence-electron chi connectivity index (χ4n) is 2.11. The molecule has 0 N–H and O–H groups in total. The highest BCUT2D eigenvalue weighted by Crippen LogP contribution is 2.30. The van der Waals surface area contributed by atoms with Crippen LogP contribution in [0.4, 0.5) is 0 Å². The van der Waals surface area contributed by atoms with E-state index in [2.05, 4.69) is 9.97 Å². The van der Waals surface area contributed by atoms with E-state index in [1.807, 2.05) is 27.7 Å². The van der Waals surface area contributed by atoms with Gasteiger partial charge in [0.15, 0.2) is 0 Å². The summed E-state index contributed by atoms with van der Waals surface area (Å²) in [7, 11) is 3.35. The molecule has 2 rings (SSSR count). The van der Waals surface area contributed by atoms with Crippen molar-refractivity contribution in [2.24, 2.45) is 0 Å². The van der Waals surface area contributed by atoms with Crippen LogP contribution in [0.5, 0.6) is 5.19 Å². The highest BCUT2D eigenvalue weighted by molar-refractivity contribution is 7.15. The van der Waals surface area contributed by atoms with Crippen molar-refractivity contribution in [3.8, 4) is 5.19 Å². The second-order valence-electron chi connectivity index (χ2n) is 4.86. The molecule has 1 atom stereocenters. The van der Waals surface area contributed by atoms with Gasteiger partial charge in [0.1, 0.15) is 4.88 Å². The van der Waals surface area contributed by atoms with Crippen LogP contribution in [0.3, 0.4) is 0 Å². The monoisotopic (exact) mass is 325 g/mol. The van der Waals surface area contributed by atoms with Gasteiger partial charge in [0.05, 0.1) is 29.5 Å². The van der Waals surface area contributed by atoms with Gasteiger partial charge in [-0.1, -0.05) is 11.3 Å². The standard InChI is InChI=1S/C14H19N3O2S2/c1-7-12(21-14(15-7)19-6)13(18)17(5)8(2)11-9(3)20-10(4)16-11/h8H,1-6H3/t8-/m1/s1. The number of amides is 1. The second-order valence-corrected chi connectivity index (χ2v) is 7.23. The molecule has 7 heteroatoms. The molecule has 0 aliphatic heterocycles. The van der Waals surface area contributed by atoms with Crippen LogP contribution < -0.4 is 4.74 Å². The van der Waals surface area contributed by atoms with E-state index < -0.39 is 0 Å². The predicted octanol–water partition coefficient (Wildman–Crippen LogP) is 3.37. The van der Waals surface area contributed by atoms with Crippen molar-refractivity contribution in [1.82, 2.24) is 14.9 Å². The van der Waals surface area contributed by atoms with Gasteiger partial charge in [-0.3, -0.25) is 4.79 Å². The highest BCUT2D eigenvalue weighted by atomic mass is 32.1. The smallest absolute Gasteiger partial charge is 0.273 e. The average molecular weight is 325 g/mol. The zero-order chi connectivity index (χ0) is 15.7. The maximum Gasteiger partial charge on any atom is 0.273 e. The summed E-state index contributed by atoms with van der Waals surface area (Å²) in [6.45, 7) is 7.83. The van der Waals surface area contributed by atoms with E-state index in [0.717, 1.165) is 15.6 Å². The molecule has 114 valence electrons. The van der Waals surface area contributed by atoms with Gasteiger partial charge < -0.3 is 9.64 Å². The molecule has 0 saturated heterocycles. The minimum Gasteiger partial charge on any atom is -0.473 e. The molecule has 0 fully saturated rings. The van der Waals surface area contributed by atoms with E-state index in [4.69, 9.17) is 4.74 Å². The Labute approximate surface area is 132 Å². The van der Waals surface area contributed by atoms with Gasteiger partial charge in [-0.05, 0) is 27.7 Å². The van der Waals surface area contributed by atoms with Gasteiger partial charge in [-0.2, -0.15) is 0 Å². The first-order valence-corrected chi connectivity index (χ1v) is 8.21. The summed E-state index contributed by atoms with van der Waals surface area (Å²) in [6.07, 6.45) is 0. The fraction of sp³-hybridized carbons (Fsp3) is 0.500. The Balaban J connectivity index is 2.26. The van der Waals surface area contributed by atoms with E-state index in [9.17, 15) is 4.79 Å². The zero-order valence-electron chi connectivity index (χ0n) is 13.1. The summed E-state index contributed by atoms with van der Waals surface area (Å²) in [5.74, 6) is -0.0501. The minimum absolute atomic E-state index is 0.0501. The largest absolute Gasteiger partial charge is 0.473 e. The Kier molecular flexibility index (Phi) is 4.63. The number of nitrogens with zero attached hydrogens (tertiary/aromatic N) is 3. The van der Waals surface area contributed by atoms with Gasteiger partial charge in [-0.25, -0.2) is 9.97 Å². The van der Waals surface area contributed by atoms with Crippen LogP contribution in [-0.2, 0) is 0 Å². The Bertz CT molecular complexity index is 663. The first-order chi connectivity index (χ1) is 9.85. The minimum atomic E-state index is -0.0741. The summed E-state index contributed by atoms with van der Waals surface area (Å²) >= 11 is 2.93. The van der Waals surface area contributed by atoms with Crippen LogP contribution in [0.1, 0.15) is 43.9 Å². The number of carbonyl (C=O) groups is 1. The van der Waals surface area contributed by atoms with E-state index >= 15 is 0 Å². The second kappa shape index (κ2) is 6.11. The molecule has 0 saturated carbocycles. The summed E-state index contributed by atoms with van der Waals surface area (Å²) in [5.41, 5.74) is 1.66. The predicted molar refractivity (Wildman–Crippen MR) is 85.5 cm³/mol. The molecule has 0 aliphatic rings. The third-order valence-corrected chi connectivity index (χ3v) is 5.39. The Morgan fingerprint density at radius 2 is 1.90 bits per heavy atom. The number of thiazole rings is 2. The zero-order valence-corrected chi connectivity index (χ0v) is 14.7. The van der Waals surface area contributed by atoms with Crippen molar-refractivity contribution in [1.29, 1.82) is 0 Å². The number of methoxy groups -OCH3 is 1. The normalized spacial score (nSPS) is 12.3. The quantitative estimate of drug-likeness (QED) is 0.865. The lowest BCUT2D eigenvalue weighted by Gasteiger charge is -2.23. The molecule has 0 aromatic carbocycles.